The number of methoxy groups -OCH3 is 1. The second kappa shape index (κ2) is 5.80. The van der Waals surface area contributed by atoms with Crippen LogP contribution < -0.4 is 0 Å². The molecular weight excluding hydrogens is 272 g/mol. The molecule has 1 rings (SSSR count). The molecule has 0 radical (unpaired) electrons. The van der Waals surface area contributed by atoms with E-state index < -0.39 is 5.97 Å². The second-order valence-electron chi connectivity index (χ2n) is 3.40. The lowest BCUT2D eigenvalue weighted by molar-refractivity contribution is 0.0597. The molecule has 0 unspecified atom stereocenters. The van der Waals surface area contributed by atoms with Gasteiger partial charge in [0.25, 0.3) is 0 Å². The SMILES string of the molecule is COC(=O)c1cc(C)ccc1C(=O)CCBr. The first-order valence-electron chi connectivity index (χ1n) is 4.88. The summed E-state index contributed by atoms with van der Waals surface area (Å²) in [7, 11) is 1.31. The van der Waals surface area contributed by atoms with Gasteiger partial charge in [-0.25, -0.2) is 4.79 Å². The third kappa shape index (κ3) is 2.92. The maximum Gasteiger partial charge on any atom is 0.338 e. The molecule has 0 heterocycles. The van der Waals surface area contributed by atoms with Gasteiger partial charge in [-0.2, -0.15) is 0 Å². The lowest BCUT2D eigenvalue weighted by atomic mass is 10.00. The van der Waals surface area contributed by atoms with Crippen LogP contribution in [0.3, 0.4) is 0 Å². The first kappa shape index (κ1) is 12.9. The molecule has 1 aromatic carbocycles. The molecule has 0 spiro atoms. The number of rotatable bonds is 4. The summed E-state index contributed by atoms with van der Waals surface area (Å²) in [5, 5.41) is 0.584. The van der Waals surface area contributed by atoms with Crippen LogP contribution >= 0.6 is 15.9 Å². The molecule has 0 aliphatic rings. The van der Waals surface area contributed by atoms with Crippen molar-refractivity contribution in [2.24, 2.45) is 0 Å². The van der Waals surface area contributed by atoms with Crippen LogP contribution in [0, 0.1) is 6.92 Å². The number of hydrogen-bond acceptors (Lipinski definition) is 3. The zero-order chi connectivity index (χ0) is 12.1. The summed E-state index contributed by atoms with van der Waals surface area (Å²) >= 11 is 3.20. The molecule has 4 heteroatoms. The lowest BCUT2D eigenvalue weighted by Gasteiger charge is -2.07. The fourth-order valence-electron chi connectivity index (χ4n) is 1.40. The molecule has 0 N–H and O–H groups in total. The predicted octanol–water partition coefficient (Wildman–Crippen LogP) is 2.75. The number of alkyl halides is 1. The molecule has 1 aromatic rings. The van der Waals surface area contributed by atoms with Crippen molar-refractivity contribution in [3.05, 3.63) is 34.9 Å². The van der Waals surface area contributed by atoms with Crippen LogP contribution in [0.4, 0.5) is 0 Å². The van der Waals surface area contributed by atoms with Gasteiger partial charge in [0.15, 0.2) is 5.78 Å². The highest BCUT2D eigenvalue weighted by Crippen LogP contribution is 2.15. The Balaban J connectivity index is 3.17. The number of esters is 1. The minimum absolute atomic E-state index is 0.0581. The quantitative estimate of drug-likeness (QED) is 0.485. The zero-order valence-corrected chi connectivity index (χ0v) is 10.8. The highest BCUT2D eigenvalue weighted by atomic mass is 79.9. The van der Waals surface area contributed by atoms with Gasteiger partial charge in [0, 0.05) is 17.3 Å². The van der Waals surface area contributed by atoms with Gasteiger partial charge in [0.05, 0.1) is 12.7 Å². The fourth-order valence-corrected chi connectivity index (χ4v) is 1.76. The highest BCUT2D eigenvalue weighted by Gasteiger charge is 2.16. The molecule has 0 saturated carbocycles. The van der Waals surface area contributed by atoms with Gasteiger partial charge in [-0.15, -0.1) is 0 Å². The molecular formula is C12H13BrO3. The smallest absolute Gasteiger partial charge is 0.338 e. The number of aryl methyl sites for hydroxylation is 1. The Hall–Kier alpha value is -1.16. The van der Waals surface area contributed by atoms with E-state index in [-0.39, 0.29) is 5.78 Å². The molecule has 0 aliphatic heterocycles. The van der Waals surface area contributed by atoms with Gasteiger partial charge in [0.2, 0.25) is 0 Å². The highest BCUT2D eigenvalue weighted by molar-refractivity contribution is 9.09. The van der Waals surface area contributed by atoms with Crippen LogP contribution in [0.5, 0.6) is 0 Å². The molecule has 86 valence electrons. The summed E-state index contributed by atoms with van der Waals surface area (Å²) in [6, 6.07) is 5.16. The number of ether oxygens (including phenoxy) is 1. The van der Waals surface area contributed by atoms with Crippen molar-refractivity contribution < 1.29 is 14.3 Å². The maximum atomic E-state index is 11.8. The van der Waals surface area contributed by atoms with Crippen molar-refractivity contribution in [1.29, 1.82) is 0 Å². The van der Waals surface area contributed by atoms with Gasteiger partial charge in [-0.05, 0) is 13.0 Å². The molecule has 0 atom stereocenters. The summed E-state index contributed by atoms with van der Waals surface area (Å²) in [5.41, 5.74) is 1.70. The average molecular weight is 285 g/mol. The minimum Gasteiger partial charge on any atom is -0.465 e. The largest absolute Gasteiger partial charge is 0.465 e. The van der Waals surface area contributed by atoms with Gasteiger partial charge < -0.3 is 4.74 Å². The molecule has 0 saturated heterocycles. The second-order valence-corrected chi connectivity index (χ2v) is 4.20. The van der Waals surface area contributed by atoms with E-state index in [0.29, 0.717) is 22.9 Å². The van der Waals surface area contributed by atoms with E-state index in [1.165, 1.54) is 7.11 Å². The number of benzene rings is 1. The number of ketones is 1. The van der Waals surface area contributed by atoms with Crippen molar-refractivity contribution in [3.63, 3.8) is 0 Å². The van der Waals surface area contributed by atoms with Gasteiger partial charge in [0.1, 0.15) is 0 Å². The first-order chi connectivity index (χ1) is 7.60. The third-order valence-electron chi connectivity index (χ3n) is 2.20. The number of carbonyl (C=O) groups is 2. The number of halogens is 1. The molecule has 0 fully saturated rings. The van der Waals surface area contributed by atoms with Crippen LogP contribution in [0.1, 0.15) is 32.7 Å². The fraction of sp³-hybridized carbons (Fsp3) is 0.333. The minimum atomic E-state index is -0.471. The van der Waals surface area contributed by atoms with E-state index in [1.54, 1.807) is 12.1 Å². The van der Waals surface area contributed by atoms with Crippen LogP contribution in [0.15, 0.2) is 18.2 Å². The van der Waals surface area contributed by atoms with Crippen molar-refractivity contribution in [2.75, 3.05) is 12.4 Å². The summed E-state index contributed by atoms with van der Waals surface area (Å²) < 4.78 is 4.66. The third-order valence-corrected chi connectivity index (χ3v) is 2.60. The molecule has 0 bridgehead atoms. The topological polar surface area (TPSA) is 43.4 Å². The van der Waals surface area contributed by atoms with E-state index >= 15 is 0 Å². The van der Waals surface area contributed by atoms with E-state index in [0.717, 1.165) is 5.56 Å². The zero-order valence-electron chi connectivity index (χ0n) is 9.25. The van der Waals surface area contributed by atoms with Crippen LogP contribution in [0.2, 0.25) is 0 Å². The summed E-state index contributed by atoms with van der Waals surface area (Å²) in [4.78, 5) is 23.3. The van der Waals surface area contributed by atoms with E-state index in [9.17, 15) is 9.59 Å². The lowest BCUT2D eigenvalue weighted by Crippen LogP contribution is -2.11. The average Bonchev–Trinajstić information content (AvgIpc) is 2.28. The monoisotopic (exact) mass is 284 g/mol. The Bertz CT molecular complexity index is 413. The Morgan fingerprint density at radius 2 is 2.00 bits per heavy atom. The van der Waals surface area contributed by atoms with E-state index in [1.807, 2.05) is 13.0 Å². The molecule has 0 aromatic heterocycles. The number of carbonyl (C=O) groups excluding carboxylic acids is 2. The van der Waals surface area contributed by atoms with Gasteiger partial charge >= 0.3 is 5.97 Å². The number of Topliss-reactive ketones (excluding diaryl/α,β-unsaturated/α-hetero) is 1. The molecule has 0 aliphatic carbocycles. The van der Waals surface area contributed by atoms with E-state index in [4.69, 9.17) is 0 Å². The Morgan fingerprint density at radius 3 is 2.56 bits per heavy atom. The normalized spacial score (nSPS) is 9.94. The van der Waals surface area contributed by atoms with Crippen LogP contribution in [-0.2, 0) is 4.74 Å². The van der Waals surface area contributed by atoms with Gasteiger partial charge in [-0.3, -0.25) is 4.79 Å². The van der Waals surface area contributed by atoms with Crippen molar-refractivity contribution in [3.8, 4) is 0 Å². The van der Waals surface area contributed by atoms with E-state index in [2.05, 4.69) is 20.7 Å². The Morgan fingerprint density at radius 1 is 1.31 bits per heavy atom. The first-order valence-corrected chi connectivity index (χ1v) is 6.00. The van der Waals surface area contributed by atoms with Crippen molar-refractivity contribution in [1.82, 2.24) is 0 Å². The number of hydrogen-bond donors (Lipinski definition) is 0. The van der Waals surface area contributed by atoms with Crippen LogP contribution in [-0.4, -0.2) is 24.2 Å². The van der Waals surface area contributed by atoms with Crippen LogP contribution in [0.25, 0.3) is 0 Å². The van der Waals surface area contributed by atoms with Crippen molar-refractivity contribution >= 4 is 27.7 Å². The standard InChI is InChI=1S/C12H13BrO3/c1-8-3-4-9(11(14)5-6-13)10(7-8)12(15)16-2/h3-4,7H,5-6H2,1-2H3. The molecule has 3 nitrogen and oxygen atoms in total. The maximum absolute atomic E-state index is 11.8. The summed E-state index contributed by atoms with van der Waals surface area (Å²) in [6.07, 6.45) is 0.368. The predicted molar refractivity (Wildman–Crippen MR) is 65.3 cm³/mol. The summed E-state index contributed by atoms with van der Waals surface area (Å²) in [6.45, 7) is 1.87. The van der Waals surface area contributed by atoms with Gasteiger partial charge in [-0.1, -0.05) is 33.6 Å². The van der Waals surface area contributed by atoms with Crippen molar-refractivity contribution in [2.45, 2.75) is 13.3 Å². The molecule has 0 amide bonds. The summed E-state index contributed by atoms with van der Waals surface area (Å²) in [5.74, 6) is -0.529. The Kier molecular flexibility index (Phi) is 4.68. The Labute approximate surface area is 103 Å². The molecule has 16 heavy (non-hydrogen) atoms.